The minimum absolute atomic E-state index is 0.0247. The van der Waals surface area contributed by atoms with Gasteiger partial charge in [-0.05, 0) is 41.8 Å². The van der Waals surface area contributed by atoms with Gasteiger partial charge in [0.1, 0.15) is 11.2 Å². The average Bonchev–Trinajstić information content (AvgIpc) is 3.33. The maximum Gasteiger partial charge on any atom is 0.332 e. The molecule has 0 radical (unpaired) electrons. The molecule has 1 aliphatic carbocycles. The minimum atomic E-state index is -0.411. The Morgan fingerprint density at radius 2 is 2.04 bits per heavy atom. The van der Waals surface area contributed by atoms with Crippen LogP contribution in [0.5, 0.6) is 0 Å². The standard InChI is InChI=1S/C21H23N3O3S/c1-2-3-11-23-20(26)19-17(10-12-28-19)24(21(23)27)13-18(25)22-16-9-8-14-6-4-5-7-15(14)16/h4-7,10,12,16H,2-3,8-9,11,13H2,1H3,(H,22,25)/t16-/m0/s1. The molecule has 0 unspecified atom stereocenters. The molecule has 0 spiro atoms. The van der Waals surface area contributed by atoms with Gasteiger partial charge in [-0.15, -0.1) is 11.3 Å². The summed E-state index contributed by atoms with van der Waals surface area (Å²) < 4.78 is 3.22. The van der Waals surface area contributed by atoms with Gasteiger partial charge in [0, 0.05) is 6.54 Å². The second-order valence-corrected chi connectivity index (χ2v) is 8.09. The molecule has 2 aromatic heterocycles. The van der Waals surface area contributed by atoms with E-state index >= 15 is 0 Å². The SMILES string of the molecule is CCCCn1c(=O)c2sccc2n(CC(=O)N[C@H]2CCc3ccccc32)c1=O. The molecular weight excluding hydrogens is 374 g/mol. The first-order valence-corrected chi connectivity index (χ1v) is 10.6. The lowest BCUT2D eigenvalue weighted by Gasteiger charge is -2.16. The predicted octanol–water partition coefficient (Wildman–Crippen LogP) is 2.83. The van der Waals surface area contributed by atoms with Gasteiger partial charge in [-0.3, -0.25) is 18.7 Å². The molecule has 4 rings (SSSR count). The molecule has 0 saturated carbocycles. The Labute approximate surface area is 166 Å². The second kappa shape index (κ2) is 7.75. The molecule has 1 aromatic carbocycles. The van der Waals surface area contributed by atoms with Gasteiger partial charge in [0.05, 0.1) is 11.6 Å². The number of thiophene rings is 1. The molecule has 7 heteroatoms. The fourth-order valence-corrected chi connectivity index (χ4v) is 4.73. The van der Waals surface area contributed by atoms with Crippen LogP contribution < -0.4 is 16.6 Å². The minimum Gasteiger partial charge on any atom is -0.348 e. The summed E-state index contributed by atoms with van der Waals surface area (Å²) in [5.41, 5.74) is 2.28. The number of carbonyl (C=O) groups excluding carboxylic acids is 1. The maximum atomic E-state index is 12.9. The first kappa shape index (κ1) is 18.7. The maximum absolute atomic E-state index is 12.9. The Hall–Kier alpha value is -2.67. The number of aryl methyl sites for hydroxylation is 1. The van der Waals surface area contributed by atoms with Crippen molar-refractivity contribution in [3.63, 3.8) is 0 Å². The Balaban J connectivity index is 1.63. The van der Waals surface area contributed by atoms with E-state index in [1.807, 2.05) is 25.1 Å². The van der Waals surface area contributed by atoms with Gasteiger partial charge in [0.15, 0.2) is 0 Å². The summed E-state index contributed by atoms with van der Waals surface area (Å²) in [4.78, 5) is 38.3. The van der Waals surface area contributed by atoms with Crippen LogP contribution in [-0.2, 0) is 24.3 Å². The summed E-state index contributed by atoms with van der Waals surface area (Å²) in [7, 11) is 0. The van der Waals surface area contributed by atoms with Crippen LogP contribution in [0, 0.1) is 0 Å². The third-order valence-corrected chi connectivity index (χ3v) is 6.23. The highest BCUT2D eigenvalue weighted by atomic mass is 32.1. The summed E-state index contributed by atoms with van der Waals surface area (Å²) in [5.74, 6) is -0.211. The fourth-order valence-electron chi connectivity index (χ4n) is 3.89. The number of hydrogen-bond donors (Lipinski definition) is 1. The molecule has 2 heterocycles. The van der Waals surface area contributed by atoms with Crippen LogP contribution in [0.3, 0.4) is 0 Å². The van der Waals surface area contributed by atoms with Crippen LogP contribution >= 0.6 is 11.3 Å². The van der Waals surface area contributed by atoms with Gasteiger partial charge in [-0.1, -0.05) is 37.6 Å². The van der Waals surface area contributed by atoms with Crippen molar-refractivity contribution in [1.82, 2.24) is 14.5 Å². The van der Waals surface area contributed by atoms with E-state index in [1.165, 1.54) is 26.0 Å². The van der Waals surface area contributed by atoms with Gasteiger partial charge < -0.3 is 5.32 Å². The number of carbonyl (C=O) groups is 1. The molecule has 28 heavy (non-hydrogen) atoms. The molecule has 6 nitrogen and oxygen atoms in total. The number of amides is 1. The lowest BCUT2D eigenvalue weighted by atomic mass is 10.1. The van der Waals surface area contributed by atoms with Crippen LogP contribution in [0.2, 0.25) is 0 Å². The first-order valence-electron chi connectivity index (χ1n) is 9.68. The number of unbranched alkanes of at least 4 members (excludes halogenated alkanes) is 1. The third kappa shape index (κ3) is 3.30. The first-order chi connectivity index (χ1) is 13.6. The van der Waals surface area contributed by atoms with E-state index in [1.54, 1.807) is 11.4 Å². The van der Waals surface area contributed by atoms with Crippen molar-refractivity contribution < 1.29 is 4.79 Å². The zero-order valence-corrected chi connectivity index (χ0v) is 16.6. The molecule has 0 aliphatic heterocycles. The third-order valence-electron chi connectivity index (χ3n) is 5.34. The van der Waals surface area contributed by atoms with Crippen molar-refractivity contribution in [3.8, 4) is 0 Å². The van der Waals surface area contributed by atoms with Gasteiger partial charge >= 0.3 is 5.69 Å². The molecule has 3 aromatic rings. The van der Waals surface area contributed by atoms with Gasteiger partial charge in [-0.25, -0.2) is 4.79 Å². The smallest absolute Gasteiger partial charge is 0.332 e. The topological polar surface area (TPSA) is 73.1 Å². The number of rotatable bonds is 6. The summed E-state index contributed by atoms with van der Waals surface area (Å²) in [5, 5.41) is 4.85. The largest absolute Gasteiger partial charge is 0.348 e. The van der Waals surface area contributed by atoms with Crippen LogP contribution in [-0.4, -0.2) is 15.0 Å². The van der Waals surface area contributed by atoms with Crippen LogP contribution in [0.25, 0.3) is 10.2 Å². The van der Waals surface area contributed by atoms with Crippen LogP contribution in [0.15, 0.2) is 45.3 Å². The van der Waals surface area contributed by atoms with E-state index in [0.717, 1.165) is 31.2 Å². The van der Waals surface area contributed by atoms with E-state index < -0.39 is 5.69 Å². The highest BCUT2D eigenvalue weighted by Crippen LogP contribution is 2.30. The molecule has 1 amide bonds. The summed E-state index contributed by atoms with van der Waals surface area (Å²) >= 11 is 1.31. The second-order valence-electron chi connectivity index (χ2n) is 7.17. The summed E-state index contributed by atoms with van der Waals surface area (Å²) in [6, 6.07) is 9.84. The molecule has 0 saturated heterocycles. The normalized spacial score (nSPS) is 15.7. The lowest BCUT2D eigenvalue weighted by Crippen LogP contribution is -2.42. The number of nitrogens with one attached hydrogen (secondary N) is 1. The summed E-state index contributed by atoms with van der Waals surface area (Å²) in [6.45, 7) is 2.30. The Kier molecular flexibility index (Phi) is 5.17. The number of hydrogen-bond acceptors (Lipinski definition) is 4. The van der Waals surface area contributed by atoms with Crippen molar-refractivity contribution in [1.29, 1.82) is 0 Å². The molecule has 1 aliphatic rings. The Bertz CT molecular complexity index is 1140. The fraction of sp³-hybridized carbons (Fsp3) is 0.381. The van der Waals surface area contributed by atoms with E-state index in [2.05, 4.69) is 11.4 Å². The van der Waals surface area contributed by atoms with E-state index in [9.17, 15) is 14.4 Å². The van der Waals surface area contributed by atoms with Gasteiger partial charge in [-0.2, -0.15) is 0 Å². The van der Waals surface area contributed by atoms with Crippen molar-refractivity contribution in [2.75, 3.05) is 0 Å². The van der Waals surface area contributed by atoms with Crippen molar-refractivity contribution >= 4 is 27.5 Å². The summed E-state index contributed by atoms with van der Waals surface area (Å²) in [6.07, 6.45) is 3.44. The predicted molar refractivity (Wildman–Crippen MR) is 111 cm³/mol. The zero-order valence-electron chi connectivity index (χ0n) is 15.8. The van der Waals surface area contributed by atoms with E-state index in [-0.39, 0.29) is 24.1 Å². The monoisotopic (exact) mass is 397 g/mol. The highest BCUT2D eigenvalue weighted by molar-refractivity contribution is 7.17. The number of fused-ring (bicyclic) bond motifs is 2. The zero-order chi connectivity index (χ0) is 19.7. The quantitative estimate of drug-likeness (QED) is 0.695. The average molecular weight is 398 g/mol. The van der Waals surface area contributed by atoms with Crippen molar-refractivity contribution in [3.05, 3.63) is 67.7 Å². The van der Waals surface area contributed by atoms with E-state index in [4.69, 9.17) is 0 Å². The lowest BCUT2D eigenvalue weighted by molar-refractivity contribution is -0.122. The van der Waals surface area contributed by atoms with Crippen molar-refractivity contribution in [2.45, 2.75) is 51.7 Å². The number of aromatic nitrogens is 2. The van der Waals surface area contributed by atoms with Crippen LogP contribution in [0.1, 0.15) is 43.4 Å². The number of benzene rings is 1. The van der Waals surface area contributed by atoms with Gasteiger partial charge in [0.25, 0.3) is 5.56 Å². The number of nitrogens with zero attached hydrogens (tertiary/aromatic N) is 2. The van der Waals surface area contributed by atoms with Gasteiger partial charge in [0.2, 0.25) is 5.91 Å². The Morgan fingerprint density at radius 1 is 1.21 bits per heavy atom. The molecule has 1 N–H and O–H groups in total. The van der Waals surface area contributed by atoms with E-state index in [0.29, 0.717) is 16.8 Å². The highest BCUT2D eigenvalue weighted by Gasteiger charge is 2.24. The molecule has 1 atom stereocenters. The molecule has 146 valence electrons. The van der Waals surface area contributed by atoms with Crippen LogP contribution in [0.4, 0.5) is 0 Å². The molecule has 0 bridgehead atoms. The molecule has 0 fully saturated rings. The Morgan fingerprint density at radius 3 is 2.86 bits per heavy atom. The van der Waals surface area contributed by atoms with Crippen molar-refractivity contribution in [2.24, 2.45) is 0 Å². The molecular formula is C21H23N3O3S.